The number of rotatable bonds is 11. The summed E-state index contributed by atoms with van der Waals surface area (Å²) in [6.45, 7) is 4.53. The van der Waals surface area contributed by atoms with Crippen LogP contribution >= 0.6 is 0 Å². The first-order valence-corrected chi connectivity index (χ1v) is 8.57. The second-order valence-electron chi connectivity index (χ2n) is 5.89. The number of nitrogens with one attached hydrogen (secondary N) is 1. The molecule has 0 bridgehead atoms. The number of aryl methyl sites for hydroxylation is 1. The van der Waals surface area contributed by atoms with Gasteiger partial charge in [-0.25, -0.2) is 0 Å². The lowest BCUT2D eigenvalue weighted by Gasteiger charge is -2.17. The van der Waals surface area contributed by atoms with Crippen LogP contribution < -0.4 is 5.32 Å². The minimum atomic E-state index is 0.526. The average Bonchev–Trinajstić information content (AvgIpc) is 2.47. The third-order valence-electron chi connectivity index (χ3n) is 4.09. The van der Waals surface area contributed by atoms with E-state index >= 15 is 0 Å². The van der Waals surface area contributed by atoms with Gasteiger partial charge in [-0.15, -0.1) is 0 Å². The summed E-state index contributed by atoms with van der Waals surface area (Å²) in [5.74, 6) is 0. The lowest BCUT2D eigenvalue weighted by Crippen LogP contribution is -2.16. The van der Waals surface area contributed by atoms with Crippen molar-refractivity contribution in [3.8, 4) is 0 Å². The molecular weight excluding hydrogens is 242 g/mol. The van der Waals surface area contributed by atoms with E-state index < -0.39 is 0 Å². The van der Waals surface area contributed by atoms with Crippen LogP contribution in [0.3, 0.4) is 0 Å². The standard InChI is InChI=1S/C19H33N/c1-4-6-7-8-9-10-15-19(20-3)18-14-11-13-17(16-18)12-5-2/h11,13-14,16,19-20H,4-10,12,15H2,1-3H3. The fourth-order valence-electron chi connectivity index (χ4n) is 2.86. The van der Waals surface area contributed by atoms with Crippen molar-refractivity contribution in [2.75, 3.05) is 7.05 Å². The minimum absolute atomic E-state index is 0.526. The molecule has 0 fully saturated rings. The minimum Gasteiger partial charge on any atom is -0.313 e. The monoisotopic (exact) mass is 275 g/mol. The van der Waals surface area contributed by atoms with Crippen LogP contribution in [0, 0.1) is 0 Å². The Morgan fingerprint density at radius 3 is 2.40 bits per heavy atom. The molecule has 1 heteroatoms. The molecule has 0 aliphatic carbocycles. The normalized spacial score (nSPS) is 12.6. The molecule has 1 rings (SSSR count). The van der Waals surface area contributed by atoms with Gasteiger partial charge < -0.3 is 5.32 Å². The molecule has 0 aromatic heterocycles. The Hall–Kier alpha value is -0.820. The summed E-state index contributed by atoms with van der Waals surface area (Å²) >= 11 is 0. The largest absolute Gasteiger partial charge is 0.313 e. The third-order valence-corrected chi connectivity index (χ3v) is 4.09. The maximum atomic E-state index is 3.49. The first-order chi connectivity index (χ1) is 9.81. The Balaban J connectivity index is 2.39. The quantitative estimate of drug-likeness (QED) is 0.514. The van der Waals surface area contributed by atoms with Gasteiger partial charge in [0.2, 0.25) is 0 Å². The molecule has 20 heavy (non-hydrogen) atoms. The Labute approximate surface area is 126 Å². The van der Waals surface area contributed by atoms with Crippen molar-refractivity contribution >= 4 is 0 Å². The Morgan fingerprint density at radius 1 is 0.950 bits per heavy atom. The molecule has 1 nitrogen and oxygen atoms in total. The molecule has 1 aromatic carbocycles. The molecule has 0 radical (unpaired) electrons. The molecule has 0 amide bonds. The number of hydrogen-bond donors (Lipinski definition) is 1. The van der Waals surface area contributed by atoms with Gasteiger partial charge in [0.1, 0.15) is 0 Å². The Bertz CT molecular complexity index is 345. The number of unbranched alkanes of at least 4 members (excludes halogenated alkanes) is 5. The van der Waals surface area contributed by atoms with Crippen molar-refractivity contribution in [3.05, 3.63) is 35.4 Å². The molecule has 0 aliphatic heterocycles. The van der Waals surface area contributed by atoms with Crippen LogP contribution in [-0.2, 0) is 6.42 Å². The van der Waals surface area contributed by atoms with Crippen molar-refractivity contribution in [2.45, 2.75) is 77.7 Å². The zero-order valence-electron chi connectivity index (χ0n) is 13.8. The van der Waals surface area contributed by atoms with Crippen molar-refractivity contribution in [2.24, 2.45) is 0 Å². The molecule has 1 atom stereocenters. The van der Waals surface area contributed by atoms with Gasteiger partial charge in [0.25, 0.3) is 0 Å². The van der Waals surface area contributed by atoms with Crippen molar-refractivity contribution in [1.82, 2.24) is 5.32 Å². The zero-order chi connectivity index (χ0) is 14.6. The summed E-state index contributed by atoms with van der Waals surface area (Å²) in [4.78, 5) is 0. The summed E-state index contributed by atoms with van der Waals surface area (Å²) in [6.07, 6.45) is 12.0. The summed E-state index contributed by atoms with van der Waals surface area (Å²) in [5.41, 5.74) is 2.94. The van der Waals surface area contributed by atoms with Crippen LogP contribution in [0.4, 0.5) is 0 Å². The SMILES string of the molecule is CCCCCCCCC(NC)c1cccc(CCC)c1. The molecule has 0 saturated heterocycles. The van der Waals surface area contributed by atoms with Gasteiger partial charge in [0.15, 0.2) is 0 Å². The van der Waals surface area contributed by atoms with E-state index in [1.165, 1.54) is 68.9 Å². The summed E-state index contributed by atoms with van der Waals surface area (Å²) in [6, 6.07) is 9.66. The lowest BCUT2D eigenvalue weighted by atomic mass is 9.97. The summed E-state index contributed by atoms with van der Waals surface area (Å²) in [7, 11) is 2.09. The highest BCUT2D eigenvalue weighted by Crippen LogP contribution is 2.21. The Morgan fingerprint density at radius 2 is 1.70 bits per heavy atom. The Kier molecular flexibility index (Phi) is 9.40. The van der Waals surface area contributed by atoms with E-state index in [1.807, 2.05) is 0 Å². The predicted molar refractivity (Wildman–Crippen MR) is 90.2 cm³/mol. The second-order valence-corrected chi connectivity index (χ2v) is 5.89. The fourth-order valence-corrected chi connectivity index (χ4v) is 2.86. The van der Waals surface area contributed by atoms with E-state index in [9.17, 15) is 0 Å². The van der Waals surface area contributed by atoms with E-state index in [-0.39, 0.29) is 0 Å². The number of benzene rings is 1. The molecule has 0 heterocycles. The van der Waals surface area contributed by atoms with Crippen LogP contribution in [0.2, 0.25) is 0 Å². The molecule has 1 aromatic rings. The summed E-state index contributed by atoms with van der Waals surface area (Å²) in [5, 5.41) is 3.49. The third kappa shape index (κ3) is 6.56. The zero-order valence-corrected chi connectivity index (χ0v) is 13.8. The highest BCUT2D eigenvalue weighted by Gasteiger charge is 2.09. The maximum Gasteiger partial charge on any atom is 0.0317 e. The van der Waals surface area contributed by atoms with Gasteiger partial charge in [-0.05, 0) is 31.0 Å². The highest BCUT2D eigenvalue weighted by atomic mass is 14.9. The molecule has 0 aliphatic rings. The number of hydrogen-bond acceptors (Lipinski definition) is 1. The van der Waals surface area contributed by atoms with Gasteiger partial charge in [-0.2, -0.15) is 0 Å². The smallest absolute Gasteiger partial charge is 0.0317 e. The lowest BCUT2D eigenvalue weighted by molar-refractivity contribution is 0.497. The molecule has 0 spiro atoms. The van der Waals surface area contributed by atoms with E-state index in [2.05, 4.69) is 50.5 Å². The summed E-state index contributed by atoms with van der Waals surface area (Å²) < 4.78 is 0. The van der Waals surface area contributed by atoms with Gasteiger partial charge in [0, 0.05) is 6.04 Å². The van der Waals surface area contributed by atoms with E-state index in [0.29, 0.717) is 6.04 Å². The molecule has 0 saturated carbocycles. The average molecular weight is 275 g/mol. The molecule has 1 N–H and O–H groups in total. The van der Waals surface area contributed by atoms with E-state index in [1.54, 1.807) is 0 Å². The second kappa shape index (κ2) is 10.9. The van der Waals surface area contributed by atoms with Crippen LogP contribution in [0.1, 0.15) is 82.4 Å². The predicted octanol–water partition coefficient (Wildman–Crippen LogP) is 5.65. The fraction of sp³-hybridized carbons (Fsp3) is 0.684. The molecular formula is C19H33N. The van der Waals surface area contributed by atoms with Crippen molar-refractivity contribution < 1.29 is 0 Å². The van der Waals surface area contributed by atoms with Crippen molar-refractivity contribution in [1.29, 1.82) is 0 Å². The first kappa shape index (κ1) is 17.2. The van der Waals surface area contributed by atoms with E-state index in [0.717, 1.165) is 0 Å². The van der Waals surface area contributed by atoms with Crippen LogP contribution in [-0.4, -0.2) is 7.05 Å². The molecule has 1 unspecified atom stereocenters. The topological polar surface area (TPSA) is 12.0 Å². The van der Waals surface area contributed by atoms with Crippen LogP contribution in [0.5, 0.6) is 0 Å². The van der Waals surface area contributed by atoms with Gasteiger partial charge in [0.05, 0.1) is 0 Å². The van der Waals surface area contributed by atoms with Crippen LogP contribution in [0.25, 0.3) is 0 Å². The van der Waals surface area contributed by atoms with Crippen LogP contribution in [0.15, 0.2) is 24.3 Å². The molecule has 114 valence electrons. The van der Waals surface area contributed by atoms with E-state index in [4.69, 9.17) is 0 Å². The van der Waals surface area contributed by atoms with Crippen molar-refractivity contribution in [3.63, 3.8) is 0 Å². The highest BCUT2D eigenvalue weighted by molar-refractivity contribution is 5.26. The maximum absolute atomic E-state index is 3.49. The van der Waals surface area contributed by atoms with Gasteiger partial charge in [-0.1, -0.05) is 83.1 Å². The van der Waals surface area contributed by atoms with Gasteiger partial charge in [-0.3, -0.25) is 0 Å². The first-order valence-electron chi connectivity index (χ1n) is 8.57. The van der Waals surface area contributed by atoms with Gasteiger partial charge >= 0.3 is 0 Å².